The van der Waals surface area contributed by atoms with Crippen LogP contribution in [0.2, 0.25) is 0 Å². The van der Waals surface area contributed by atoms with Crippen LogP contribution >= 0.6 is 0 Å². The zero-order valence-electron chi connectivity index (χ0n) is 18.3. The highest BCUT2D eigenvalue weighted by atomic mass is 32.2. The molecule has 0 fully saturated rings. The van der Waals surface area contributed by atoms with Gasteiger partial charge >= 0.3 is 0 Å². The fourth-order valence-electron chi connectivity index (χ4n) is 3.24. The van der Waals surface area contributed by atoms with E-state index in [1.807, 2.05) is 25.9 Å². The molecule has 1 N–H and O–H groups in total. The molecule has 0 saturated carbocycles. The third-order valence-corrected chi connectivity index (χ3v) is 6.97. The number of nitrogens with zero attached hydrogens (tertiary/aromatic N) is 2. The Morgan fingerprint density at radius 3 is 2.59 bits per heavy atom. The van der Waals surface area contributed by atoms with Crippen molar-refractivity contribution in [2.24, 2.45) is 11.8 Å². The summed E-state index contributed by atoms with van der Waals surface area (Å²) >= 11 is 0. The Labute approximate surface area is 175 Å². The van der Waals surface area contributed by atoms with Crippen LogP contribution in [-0.2, 0) is 10.0 Å². The number of hydrogen-bond acceptors (Lipinski definition) is 5. The Balaban J connectivity index is 2.56. The first-order valence-electron chi connectivity index (χ1n) is 10.1. The summed E-state index contributed by atoms with van der Waals surface area (Å²) in [5.74, 6) is 7.00. The van der Waals surface area contributed by atoms with Gasteiger partial charge in [-0.2, -0.15) is 4.31 Å². The quantitative estimate of drug-likeness (QED) is 0.738. The Morgan fingerprint density at radius 1 is 1.31 bits per heavy atom. The van der Waals surface area contributed by atoms with Crippen molar-refractivity contribution in [3.8, 4) is 17.6 Å². The third-order valence-electron chi connectivity index (χ3n) is 4.96. The second-order valence-corrected chi connectivity index (χ2v) is 10.4. The minimum Gasteiger partial charge on any atom is -0.487 e. The van der Waals surface area contributed by atoms with E-state index >= 15 is 0 Å². The molecule has 0 spiro atoms. The standard InChI is InChI=1S/C22H34N2O4S/c1-16(2)8-7-9-19-10-11-22-20(12-19)28-21(14-23(5)6)17(3)13-24(18(4)15-25)29(22,26)27/h10-12,16-18,21,25H,8,13-15H2,1-6H3/t17-,18-,21-/m0/s1. The molecule has 1 aliphatic heterocycles. The average molecular weight is 423 g/mol. The number of benzene rings is 1. The van der Waals surface area contributed by atoms with Gasteiger partial charge in [-0.25, -0.2) is 8.42 Å². The molecule has 0 saturated heterocycles. The summed E-state index contributed by atoms with van der Waals surface area (Å²) in [5, 5.41) is 9.65. The predicted molar refractivity (Wildman–Crippen MR) is 115 cm³/mol. The van der Waals surface area contributed by atoms with E-state index in [9.17, 15) is 13.5 Å². The minimum absolute atomic E-state index is 0.0509. The second-order valence-electron chi connectivity index (χ2n) is 8.56. The van der Waals surface area contributed by atoms with Gasteiger partial charge in [0.25, 0.3) is 0 Å². The Hall–Kier alpha value is -1.59. The summed E-state index contributed by atoms with van der Waals surface area (Å²) in [7, 11) is 0.130. The summed E-state index contributed by atoms with van der Waals surface area (Å²) in [6.07, 6.45) is 0.588. The average Bonchev–Trinajstić information content (AvgIpc) is 2.63. The van der Waals surface area contributed by atoms with E-state index < -0.39 is 16.1 Å². The van der Waals surface area contributed by atoms with E-state index in [0.29, 0.717) is 18.2 Å². The van der Waals surface area contributed by atoms with Crippen molar-refractivity contribution in [2.45, 2.75) is 51.2 Å². The highest BCUT2D eigenvalue weighted by Crippen LogP contribution is 2.34. The largest absolute Gasteiger partial charge is 0.487 e. The fourth-order valence-corrected chi connectivity index (χ4v) is 5.06. The lowest BCUT2D eigenvalue weighted by Crippen LogP contribution is -2.49. The number of rotatable bonds is 5. The molecule has 0 aliphatic carbocycles. The highest BCUT2D eigenvalue weighted by molar-refractivity contribution is 7.89. The first kappa shape index (κ1) is 23.7. The van der Waals surface area contributed by atoms with E-state index in [2.05, 4.69) is 25.7 Å². The number of fused-ring (bicyclic) bond motifs is 1. The number of ether oxygens (including phenoxy) is 1. The van der Waals surface area contributed by atoms with Crippen molar-refractivity contribution in [3.05, 3.63) is 23.8 Å². The van der Waals surface area contributed by atoms with E-state index in [1.54, 1.807) is 25.1 Å². The topological polar surface area (TPSA) is 70.1 Å². The molecule has 2 rings (SSSR count). The monoisotopic (exact) mass is 422 g/mol. The molecular formula is C22H34N2O4S. The van der Waals surface area contributed by atoms with Crippen molar-refractivity contribution in [2.75, 3.05) is 33.8 Å². The van der Waals surface area contributed by atoms with Gasteiger partial charge in [0.1, 0.15) is 16.7 Å². The molecule has 1 aromatic carbocycles. The number of aliphatic hydroxyl groups is 1. The number of sulfonamides is 1. The Kier molecular flexibility index (Phi) is 8.12. The normalized spacial score (nSPS) is 22.8. The fraction of sp³-hybridized carbons (Fsp3) is 0.636. The molecule has 29 heavy (non-hydrogen) atoms. The zero-order valence-corrected chi connectivity index (χ0v) is 19.2. The van der Waals surface area contributed by atoms with E-state index in [4.69, 9.17) is 4.74 Å². The molecule has 1 aromatic rings. The first-order chi connectivity index (χ1) is 13.6. The summed E-state index contributed by atoms with van der Waals surface area (Å²) in [6.45, 7) is 8.63. The van der Waals surface area contributed by atoms with Crippen LogP contribution in [0.1, 0.15) is 39.7 Å². The van der Waals surface area contributed by atoms with Crippen molar-refractivity contribution < 1.29 is 18.3 Å². The van der Waals surface area contributed by atoms with Gasteiger partial charge in [0.05, 0.1) is 6.61 Å². The first-order valence-corrected chi connectivity index (χ1v) is 11.6. The lowest BCUT2D eigenvalue weighted by atomic mass is 10.0. The van der Waals surface area contributed by atoms with Crippen LogP contribution in [0.25, 0.3) is 0 Å². The number of hydrogen-bond donors (Lipinski definition) is 1. The van der Waals surface area contributed by atoms with Crippen LogP contribution in [-0.4, -0.2) is 68.7 Å². The Bertz CT molecular complexity index is 855. The molecule has 6 nitrogen and oxygen atoms in total. The SMILES string of the molecule is CC(C)CC#Cc1ccc2c(c1)O[C@@H](CN(C)C)[C@@H](C)CN([C@@H](C)CO)S2(=O)=O. The third kappa shape index (κ3) is 5.95. The lowest BCUT2D eigenvalue weighted by molar-refractivity contribution is 0.0812. The molecule has 3 atom stereocenters. The summed E-state index contributed by atoms with van der Waals surface area (Å²) in [6, 6.07) is 4.51. The van der Waals surface area contributed by atoms with Crippen molar-refractivity contribution in [1.29, 1.82) is 0 Å². The summed E-state index contributed by atoms with van der Waals surface area (Å²) < 4.78 is 34.4. The summed E-state index contributed by atoms with van der Waals surface area (Å²) in [4.78, 5) is 2.16. The molecule has 7 heteroatoms. The molecule has 0 amide bonds. The molecule has 0 radical (unpaired) electrons. The summed E-state index contributed by atoms with van der Waals surface area (Å²) in [5.41, 5.74) is 0.734. The van der Waals surface area contributed by atoms with Gasteiger partial charge in [0.15, 0.2) is 0 Å². The maximum absolute atomic E-state index is 13.4. The minimum atomic E-state index is -3.80. The van der Waals surface area contributed by atoms with Gasteiger partial charge in [0.2, 0.25) is 10.0 Å². The van der Waals surface area contributed by atoms with Crippen molar-refractivity contribution in [1.82, 2.24) is 9.21 Å². The highest BCUT2D eigenvalue weighted by Gasteiger charge is 2.37. The lowest BCUT2D eigenvalue weighted by Gasteiger charge is -2.37. The van der Waals surface area contributed by atoms with Gasteiger partial charge in [-0.15, -0.1) is 0 Å². The van der Waals surface area contributed by atoms with E-state index in [1.165, 1.54) is 4.31 Å². The molecule has 0 bridgehead atoms. The van der Waals surface area contributed by atoms with Crippen LogP contribution in [0.3, 0.4) is 0 Å². The molecule has 1 heterocycles. The molecule has 0 unspecified atom stereocenters. The Morgan fingerprint density at radius 2 is 2.00 bits per heavy atom. The van der Waals surface area contributed by atoms with Gasteiger partial charge in [-0.1, -0.05) is 32.6 Å². The number of aliphatic hydroxyl groups excluding tert-OH is 1. The molecule has 0 aromatic heterocycles. The van der Waals surface area contributed by atoms with Crippen LogP contribution in [0, 0.1) is 23.7 Å². The smallest absolute Gasteiger partial charge is 0.247 e. The van der Waals surface area contributed by atoms with Crippen LogP contribution in [0.5, 0.6) is 5.75 Å². The van der Waals surface area contributed by atoms with Gasteiger partial charge in [-0.05, 0) is 45.1 Å². The van der Waals surface area contributed by atoms with Crippen LogP contribution in [0.4, 0.5) is 0 Å². The second kappa shape index (κ2) is 9.94. The van der Waals surface area contributed by atoms with E-state index in [0.717, 1.165) is 12.0 Å². The van der Waals surface area contributed by atoms with Crippen LogP contribution in [0.15, 0.2) is 23.1 Å². The maximum Gasteiger partial charge on any atom is 0.247 e. The van der Waals surface area contributed by atoms with Gasteiger partial charge in [0, 0.05) is 37.0 Å². The zero-order chi connectivity index (χ0) is 21.8. The van der Waals surface area contributed by atoms with Crippen molar-refractivity contribution >= 4 is 10.0 Å². The molecule has 162 valence electrons. The predicted octanol–water partition coefficient (Wildman–Crippen LogP) is 2.41. The molecule has 1 aliphatic rings. The van der Waals surface area contributed by atoms with E-state index in [-0.39, 0.29) is 30.1 Å². The number of likely N-dealkylation sites (N-methyl/N-ethyl adjacent to an activating group) is 1. The molecular weight excluding hydrogens is 388 g/mol. The van der Waals surface area contributed by atoms with Gasteiger partial charge in [-0.3, -0.25) is 0 Å². The maximum atomic E-state index is 13.4. The van der Waals surface area contributed by atoms with Crippen molar-refractivity contribution in [3.63, 3.8) is 0 Å². The van der Waals surface area contributed by atoms with Gasteiger partial charge < -0.3 is 14.7 Å². The van der Waals surface area contributed by atoms with Crippen LogP contribution < -0.4 is 4.74 Å².